The molecule has 0 atom stereocenters. The van der Waals surface area contributed by atoms with Crippen molar-refractivity contribution in [2.24, 2.45) is 0 Å². The van der Waals surface area contributed by atoms with Crippen LogP contribution in [-0.2, 0) is 11.3 Å². The summed E-state index contributed by atoms with van der Waals surface area (Å²) in [5.41, 5.74) is 0.689. The van der Waals surface area contributed by atoms with E-state index in [0.29, 0.717) is 25.3 Å². The number of hydrogen-bond donors (Lipinski definition) is 1. The van der Waals surface area contributed by atoms with Crippen molar-refractivity contribution in [2.45, 2.75) is 24.8 Å². The second-order valence-corrected chi connectivity index (χ2v) is 6.46. The standard InChI is InChI=1S/C18H22N2O3S/c1-14-12-15(23-2)13-18(22)20(14)10-9-19-17(21)8-11-24-16-6-4-3-5-7-16/h3-7,12-13H,8-11H2,1-2H3,(H,19,21). The van der Waals surface area contributed by atoms with Crippen LogP contribution in [0.5, 0.6) is 5.75 Å². The molecule has 1 N–H and O–H groups in total. The van der Waals surface area contributed by atoms with Gasteiger partial charge in [0.25, 0.3) is 5.56 Å². The van der Waals surface area contributed by atoms with E-state index in [1.54, 1.807) is 22.4 Å². The molecule has 0 radical (unpaired) electrons. The molecule has 1 heterocycles. The number of methoxy groups -OCH3 is 1. The maximum Gasteiger partial charge on any atom is 0.254 e. The average molecular weight is 346 g/mol. The van der Waals surface area contributed by atoms with Gasteiger partial charge in [-0.2, -0.15) is 0 Å². The highest BCUT2D eigenvalue weighted by Crippen LogP contribution is 2.17. The Hall–Kier alpha value is -2.21. The molecule has 5 nitrogen and oxygen atoms in total. The average Bonchev–Trinajstić information content (AvgIpc) is 2.58. The summed E-state index contributed by atoms with van der Waals surface area (Å²) in [7, 11) is 1.53. The molecule has 0 saturated heterocycles. The maximum atomic E-state index is 12.0. The Morgan fingerprint density at radius 3 is 2.67 bits per heavy atom. The molecule has 1 aromatic heterocycles. The molecule has 0 fully saturated rings. The number of aromatic nitrogens is 1. The molecule has 24 heavy (non-hydrogen) atoms. The number of nitrogens with one attached hydrogen (secondary N) is 1. The summed E-state index contributed by atoms with van der Waals surface area (Å²) in [6, 6.07) is 13.3. The van der Waals surface area contributed by atoms with Gasteiger partial charge >= 0.3 is 0 Å². The van der Waals surface area contributed by atoms with Crippen molar-refractivity contribution in [1.29, 1.82) is 0 Å². The summed E-state index contributed by atoms with van der Waals surface area (Å²) in [6.45, 7) is 2.73. The van der Waals surface area contributed by atoms with Crippen LogP contribution in [0.15, 0.2) is 52.2 Å². The number of thioether (sulfide) groups is 1. The molecule has 0 aliphatic heterocycles. The predicted octanol–water partition coefficient (Wildman–Crippen LogP) is 2.46. The molecule has 2 aromatic rings. The number of ether oxygens (including phenoxy) is 1. The fourth-order valence-electron chi connectivity index (χ4n) is 2.28. The van der Waals surface area contributed by atoms with Gasteiger partial charge in [0.1, 0.15) is 5.75 Å². The van der Waals surface area contributed by atoms with Crippen LogP contribution in [0, 0.1) is 6.92 Å². The van der Waals surface area contributed by atoms with Crippen molar-refractivity contribution in [1.82, 2.24) is 9.88 Å². The minimum atomic E-state index is -0.124. The number of hydrogen-bond acceptors (Lipinski definition) is 4. The molecule has 0 bridgehead atoms. The van der Waals surface area contributed by atoms with Crippen molar-refractivity contribution >= 4 is 17.7 Å². The van der Waals surface area contributed by atoms with E-state index in [1.807, 2.05) is 37.3 Å². The van der Waals surface area contributed by atoms with E-state index in [0.717, 1.165) is 16.3 Å². The van der Waals surface area contributed by atoms with Gasteiger partial charge in [-0.05, 0) is 25.1 Å². The number of amides is 1. The Labute approximate surface area is 146 Å². The number of rotatable bonds is 8. The monoisotopic (exact) mass is 346 g/mol. The molecule has 6 heteroatoms. The zero-order valence-electron chi connectivity index (χ0n) is 14.0. The fraction of sp³-hybridized carbons (Fsp3) is 0.333. The highest BCUT2D eigenvalue weighted by atomic mass is 32.2. The van der Waals surface area contributed by atoms with Gasteiger partial charge in [-0.1, -0.05) is 18.2 Å². The topological polar surface area (TPSA) is 60.3 Å². The van der Waals surface area contributed by atoms with Gasteiger partial charge in [-0.25, -0.2) is 0 Å². The minimum absolute atomic E-state index is 0.00218. The SMILES string of the molecule is COc1cc(C)n(CCNC(=O)CCSc2ccccc2)c(=O)c1. The van der Waals surface area contributed by atoms with Gasteiger partial charge in [0, 0.05) is 41.9 Å². The minimum Gasteiger partial charge on any atom is -0.496 e. The highest BCUT2D eigenvalue weighted by Gasteiger charge is 2.05. The third-order valence-corrected chi connectivity index (χ3v) is 4.56. The first kappa shape index (κ1) is 18.1. The highest BCUT2D eigenvalue weighted by molar-refractivity contribution is 7.99. The smallest absolute Gasteiger partial charge is 0.254 e. The summed E-state index contributed by atoms with van der Waals surface area (Å²) in [5, 5.41) is 2.86. The number of pyridine rings is 1. The summed E-state index contributed by atoms with van der Waals surface area (Å²) < 4.78 is 6.70. The summed E-state index contributed by atoms with van der Waals surface area (Å²) in [6.07, 6.45) is 0.454. The fourth-order valence-corrected chi connectivity index (χ4v) is 3.15. The molecule has 1 aromatic carbocycles. The van der Waals surface area contributed by atoms with Gasteiger partial charge in [-0.15, -0.1) is 11.8 Å². The quantitative estimate of drug-likeness (QED) is 0.746. The van der Waals surface area contributed by atoms with Crippen LogP contribution < -0.4 is 15.6 Å². The number of aryl methyl sites for hydroxylation is 1. The lowest BCUT2D eigenvalue weighted by Crippen LogP contribution is -2.31. The van der Waals surface area contributed by atoms with Crippen LogP contribution >= 0.6 is 11.8 Å². The third kappa shape index (κ3) is 5.45. The predicted molar refractivity (Wildman–Crippen MR) is 96.8 cm³/mol. The summed E-state index contributed by atoms with van der Waals surface area (Å²) in [4.78, 5) is 25.0. The van der Waals surface area contributed by atoms with Gasteiger partial charge in [-0.3, -0.25) is 9.59 Å². The first-order chi connectivity index (χ1) is 11.6. The molecular weight excluding hydrogens is 324 g/mol. The maximum absolute atomic E-state index is 12.0. The molecule has 0 spiro atoms. The van der Waals surface area contributed by atoms with Gasteiger partial charge in [0.2, 0.25) is 5.91 Å². The lowest BCUT2D eigenvalue weighted by atomic mass is 10.3. The Morgan fingerprint density at radius 2 is 2.00 bits per heavy atom. The Morgan fingerprint density at radius 1 is 1.25 bits per heavy atom. The second kappa shape index (κ2) is 9.17. The van der Waals surface area contributed by atoms with Crippen molar-refractivity contribution in [3.63, 3.8) is 0 Å². The Balaban J connectivity index is 1.74. The molecule has 0 aliphatic rings. The van der Waals surface area contributed by atoms with Gasteiger partial charge in [0.05, 0.1) is 7.11 Å². The zero-order valence-corrected chi connectivity index (χ0v) is 14.8. The summed E-state index contributed by atoms with van der Waals surface area (Å²) in [5.74, 6) is 1.28. The normalized spacial score (nSPS) is 10.4. The molecule has 0 saturated carbocycles. The lowest BCUT2D eigenvalue weighted by molar-refractivity contribution is -0.120. The van der Waals surface area contributed by atoms with Crippen molar-refractivity contribution in [3.8, 4) is 5.75 Å². The number of carbonyl (C=O) groups excluding carboxylic acids is 1. The van der Waals surface area contributed by atoms with Crippen LogP contribution in [0.4, 0.5) is 0 Å². The first-order valence-corrected chi connectivity index (χ1v) is 8.78. The van der Waals surface area contributed by atoms with Crippen molar-refractivity contribution in [3.05, 3.63) is 58.5 Å². The van der Waals surface area contributed by atoms with Crippen LogP contribution in [0.3, 0.4) is 0 Å². The van der Waals surface area contributed by atoms with Crippen LogP contribution in [0.2, 0.25) is 0 Å². The number of benzene rings is 1. The summed E-state index contributed by atoms with van der Waals surface area (Å²) >= 11 is 1.66. The first-order valence-electron chi connectivity index (χ1n) is 7.80. The Bertz CT molecular complexity index is 729. The van der Waals surface area contributed by atoms with Crippen molar-refractivity contribution < 1.29 is 9.53 Å². The Kier molecular flexibility index (Phi) is 6.93. The van der Waals surface area contributed by atoms with Crippen molar-refractivity contribution in [2.75, 3.05) is 19.4 Å². The molecule has 1 amide bonds. The van der Waals surface area contributed by atoms with Gasteiger partial charge in [0.15, 0.2) is 0 Å². The van der Waals surface area contributed by atoms with Gasteiger partial charge < -0.3 is 14.6 Å². The van der Waals surface area contributed by atoms with Crippen LogP contribution in [0.1, 0.15) is 12.1 Å². The lowest BCUT2D eigenvalue weighted by Gasteiger charge is -2.12. The van der Waals surface area contributed by atoms with Crippen LogP contribution in [-0.4, -0.2) is 29.9 Å². The van der Waals surface area contributed by atoms with E-state index in [2.05, 4.69) is 5.32 Å². The zero-order chi connectivity index (χ0) is 17.4. The molecule has 0 aliphatic carbocycles. The largest absolute Gasteiger partial charge is 0.496 e. The number of carbonyl (C=O) groups is 1. The van der Waals surface area contributed by atoms with E-state index in [-0.39, 0.29) is 11.5 Å². The van der Waals surface area contributed by atoms with E-state index in [4.69, 9.17) is 4.74 Å². The molecule has 0 unspecified atom stereocenters. The second-order valence-electron chi connectivity index (χ2n) is 5.29. The van der Waals surface area contributed by atoms with E-state index in [1.165, 1.54) is 13.2 Å². The van der Waals surface area contributed by atoms with E-state index >= 15 is 0 Å². The molecular formula is C18H22N2O3S. The van der Waals surface area contributed by atoms with E-state index in [9.17, 15) is 9.59 Å². The molecule has 2 rings (SSSR count). The van der Waals surface area contributed by atoms with Crippen LogP contribution in [0.25, 0.3) is 0 Å². The number of nitrogens with zero attached hydrogens (tertiary/aromatic N) is 1. The van der Waals surface area contributed by atoms with E-state index < -0.39 is 0 Å². The third-order valence-electron chi connectivity index (χ3n) is 3.54. The molecule has 128 valence electrons.